The predicted molar refractivity (Wildman–Crippen MR) is 348 cm³/mol. The molecule has 4 aromatic rings. The van der Waals surface area contributed by atoms with Crippen molar-refractivity contribution in [3.05, 3.63) is 95.1 Å². The van der Waals surface area contributed by atoms with Crippen molar-refractivity contribution in [2.45, 2.75) is 131 Å². The number of thioether (sulfide) groups is 2. The first-order chi connectivity index (χ1) is 44.2. The number of nitrogens with zero attached hydrogens (tertiary/aromatic N) is 2. The number of carbonyl (C=O) groups excluding carboxylic acids is 8. The Morgan fingerprint density at radius 1 is 0.458 bits per heavy atom. The zero-order valence-electron chi connectivity index (χ0n) is 55.7. The highest BCUT2D eigenvalue weighted by molar-refractivity contribution is 7.99. The van der Waals surface area contributed by atoms with E-state index in [2.05, 4.69) is 29.6 Å². The molecule has 0 atom stereocenters. The van der Waals surface area contributed by atoms with Crippen LogP contribution in [0.4, 0.5) is 55.1 Å². The van der Waals surface area contributed by atoms with Crippen LogP contribution in [0, 0.1) is 0 Å². The molecule has 96 heavy (non-hydrogen) atoms. The summed E-state index contributed by atoms with van der Waals surface area (Å²) in [6.07, 6.45) is -8.25. The fourth-order valence-corrected chi connectivity index (χ4v) is 12.4. The van der Waals surface area contributed by atoms with Gasteiger partial charge in [0.2, 0.25) is 0 Å². The van der Waals surface area contributed by atoms with Crippen LogP contribution < -0.4 is 20.4 Å². The number of fused-ring (bicyclic) bond motifs is 4. The topological polar surface area (TPSA) is 356 Å². The number of ether oxygens (including phenoxy) is 9. The fourth-order valence-electron chi connectivity index (χ4n) is 7.76. The van der Waals surface area contributed by atoms with E-state index in [1.165, 1.54) is 74.6 Å². The standard InChI is InChI=1S/C15H19NO6S.C15H19NO4S.C10H11NO4S.C10H11NO2S.C10H18O5.C2HF3O2/c1-15(2,3)22-14(18)16-7-8-23(19,20)12-6-5-10(9-11(12)16)13(17)21-4;1-15(2,3)20-14(18)16-7-8-21-12-6-5-10(9-11(12)16)13(17)19-4;1-15-10(12)7-2-3-9-8(6-7)11-4-5-16(9,13)14;1-13-10(12)7-2-3-9-8(6-7)11-4-5-14-9;1-9(2,3)14-7(11)13-8(12)15-10(4,5)6;3-2(4,5)1(6)7/h5-6,9H,7-8H2,1-4H3;5-6,9H,7-8H2,1-4H3;2-3,6,11H,4-5H2,1H3;2-3,6,11H,4-5H2,1H3;1-6H3;(H,6,7). The molecule has 4 aliphatic heterocycles. The lowest BCUT2D eigenvalue weighted by Gasteiger charge is -2.31. The smallest absolute Gasteiger partial charge is 0.475 e. The number of carbonyl (C=O) groups is 9. The molecule has 0 radical (unpaired) electrons. The Labute approximate surface area is 562 Å². The molecule has 8 rings (SSSR count). The lowest BCUT2D eigenvalue weighted by atomic mass is 10.2. The molecule has 4 aromatic carbocycles. The molecule has 530 valence electrons. The number of methoxy groups -OCH3 is 4. The molecule has 34 heteroatoms. The number of carboxylic acid groups (broad SMARTS) is 1. The number of benzene rings is 4. The lowest BCUT2D eigenvalue weighted by Crippen LogP contribution is -2.43. The molecule has 0 fully saturated rings. The molecular weight excluding hydrogens is 1350 g/mol. The number of amides is 2. The van der Waals surface area contributed by atoms with Gasteiger partial charge in [0.1, 0.15) is 22.4 Å². The van der Waals surface area contributed by atoms with Crippen LogP contribution in [0.1, 0.15) is 125 Å². The molecule has 0 aromatic heterocycles. The van der Waals surface area contributed by atoms with Gasteiger partial charge in [0.25, 0.3) is 0 Å². The summed E-state index contributed by atoms with van der Waals surface area (Å²) in [5, 5.41) is 13.3. The quantitative estimate of drug-likeness (QED) is 0.0970. The van der Waals surface area contributed by atoms with E-state index in [1.807, 2.05) is 39.0 Å². The Morgan fingerprint density at radius 2 is 0.823 bits per heavy atom. The fraction of sp³-hybridized carbons (Fsp3) is 0.468. The third kappa shape index (κ3) is 26.6. The molecule has 2 amide bonds. The summed E-state index contributed by atoms with van der Waals surface area (Å²) in [4.78, 5) is 107. The molecule has 0 aliphatic carbocycles. The first kappa shape index (κ1) is 81.7. The average molecular weight is 1430 g/mol. The first-order valence-corrected chi connectivity index (χ1v) is 34.0. The van der Waals surface area contributed by atoms with Crippen molar-refractivity contribution in [1.29, 1.82) is 0 Å². The minimum atomic E-state index is -5.08. The molecule has 0 bridgehead atoms. The third-order valence-corrected chi connectivity index (χ3v) is 17.4. The van der Waals surface area contributed by atoms with E-state index in [0.717, 1.165) is 28.6 Å². The number of sulfone groups is 2. The molecule has 4 heterocycles. The highest BCUT2D eigenvalue weighted by Crippen LogP contribution is 2.38. The van der Waals surface area contributed by atoms with E-state index in [4.69, 9.17) is 33.6 Å². The second kappa shape index (κ2) is 34.4. The molecule has 4 aliphatic rings. The van der Waals surface area contributed by atoms with Crippen LogP contribution in [0.15, 0.2) is 92.4 Å². The number of halogens is 3. The zero-order valence-corrected chi connectivity index (χ0v) is 58.9. The van der Waals surface area contributed by atoms with E-state index in [9.17, 15) is 68.4 Å². The lowest BCUT2D eigenvalue weighted by molar-refractivity contribution is -0.192. The summed E-state index contributed by atoms with van der Waals surface area (Å²) in [6, 6.07) is 19.2. The second-order valence-corrected chi connectivity index (χ2v) is 30.5. The number of anilines is 4. The van der Waals surface area contributed by atoms with Crippen molar-refractivity contribution in [2.75, 3.05) is 98.1 Å². The van der Waals surface area contributed by atoms with Gasteiger partial charge in [0.15, 0.2) is 19.7 Å². The van der Waals surface area contributed by atoms with Gasteiger partial charge in [-0.2, -0.15) is 13.2 Å². The molecular formula is C62H79F3N4O23S4. The van der Waals surface area contributed by atoms with E-state index in [0.29, 0.717) is 41.2 Å². The largest absolute Gasteiger partial charge is 0.519 e. The summed E-state index contributed by atoms with van der Waals surface area (Å²) >= 11 is 3.46. The number of hydrogen-bond acceptors (Lipinski definition) is 26. The van der Waals surface area contributed by atoms with Gasteiger partial charge in [-0.1, -0.05) is 0 Å². The normalized spacial score (nSPS) is 14.7. The summed E-state index contributed by atoms with van der Waals surface area (Å²) in [5.41, 5.74) is 1.19. The molecule has 0 saturated heterocycles. The maximum Gasteiger partial charge on any atom is 0.519 e. The molecule has 27 nitrogen and oxygen atoms in total. The number of alkyl halides is 3. The van der Waals surface area contributed by atoms with Crippen molar-refractivity contribution in [3.8, 4) is 0 Å². The van der Waals surface area contributed by atoms with Gasteiger partial charge in [-0.25, -0.2) is 60.0 Å². The third-order valence-electron chi connectivity index (χ3n) is 11.7. The van der Waals surface area contributed by atoms with Gasteiger partial charge >= 0.3 is 60.5 Å². The van der Waals surface area contributed by atoms with Gasteiger partial charge in [-0.15, -0.1) is 23.5 Å². The van der Waals surface area contributed by atoms with Gasteiger partial charge in [-0.3, -0.25) is 9.80 Å². The van der Waals surface area contributed by atoms with Crippen molar-refractivity contribution >= 4 is 120 Å². The molecule has 0 spiro atoms. The van der Waals surface area contributed by atoms with Gasteiger partial charge in [0.05, 0.1) is 89.1 Å². The molecule has 3 N–H and O–H groups in total. The van der Waals surface area contributed by atoms with Crippen molar-refractivity contribution < 1.29 is 121 Å². The second-order valence-electron chi connectivity index (χ2n) is 24.0. The van der Waals surface area contributed by atoms with Crippen LogP contribution in [0.5, 0.6) is 0 Å². The summed E-state index contributed by atoms with van der Waals surface area (Å²) < 4.78 is 123. The Balaban J connectivity index is 0.000000308. The maximum atomic E-state index is 12.3. The van der Waals surface area contributed by atoms with Crippen molar-refractivity contribution in [3.63, 3.8) is 0 Å². The van der Waals surface area contributed by atoms with E-state index < -0.39 is 96.6 Å². The van der Waals surface area contributed by atoms with E-state index >= 15 is 0 Å². The highest BCUT2D eigenvalue weighted by Gasteiger charge is 2.39. The summed E-state index contributed by atoms with van der Waals surface area (Å²) in [6.45, 7) is 22.5. The number of nitrogens with one attached hydrogen (secondary N) is 2. The first-order valence-electron chi connectivity index (χ1n) is 28.7. The van der Waals surface area contributed by atoms with Gasteiger partial charge in [0, 0.05) is 53.2 Å². The van der Waals surface area contributed by atoms with E-state index in [-0.39, 0.29) is 45.1 Å². The number of hydrogen-bond donors (Lipinski definition) is 3. The Morgan fingerprint density at radius 3 is 1.26 bits per heavy atom. The Kier molecular flexibility index (Phi) is 29.3. The van der Waals surface area contributed by atoms with Crippen LogP contribution in [0.2, 0.25) is 0 Å². The monoisotopic (exact) mass is 1430 g/mol. The van der Waals surface area contributed by atoms with Gasteiger partial charge in [-0.05, 0) is 156 Å². The van der Waals surface area contributed by atoms with Crippen molar-refractivity contribution in [2.24, 2.45) is 0 Å². The zero-order chi connectivity index (χ0) is 73.1. The van der Waals surface area contributed by atoms with E-state index in [1.54, 1.807) is 109 Å². The van der Waals surface area contributed by atoms with Crippen LogP contribution in [-0.2, 0) is 67.1 Å². The number of rotatable bonds is 4. The Bertz CT molecular complexity index is 3700. The molecule has 0 unspecified atom stereocenters. The van der Waals surface area contributed by atoms with Crippen LogP contribution in [0.25, 0.3) is 0 Å². The minimum Gasteiger partial charge on any atom is -0.475 e. The summed E-state index contributed by atoms with van der Waals surface area (Å²) in [5.74, 6) is -2.80. The van der Waals surface area contributed by atoms with Crippen molar-refractivity contribution in [1.82, 2.24) is 0 Å². The minimum absolute atomic E-state index is 0.00209. The summed E-state index contributed by atoms with van der Waals surface area (Å²) in [7, 11) is -1.47. The van der Waals surface area contributed by atoms with Crippen LogP contribution in [0.3, 0.4) is 0 Å². The number of carboxylic acids is 1. The average Bonchev–Trinajstić information content (AvgIpc) is 0.821. The van der Waals surface area contributed by atoms with Crippen LogP contribution in [-0.4, -0.2) is 182 Å². The van der Waals surface area contributed by atoms with Gasteiger partial charge < -0.3 is 58.4 Å². The predicted octanol–water partition coefficient (Wildman–Crippen LogP) is 11.5. The van der Waals surface area contributed by atoms with Crippen LogP contribution >= 0.6 is 23.5 Å². The Hall–Kier alpha value is -8.50. The highest BCUT2D eigenvalue weighted by atomic mass is 32.2. The number of aliphatic carboxylic acids is 1. The SMILES string of the molecule is CC(C)(C)OC(=O)OC(=O)OC(C)(C)C.COC(=O)c1ccc2c(c1)N(C(=O)OC(C)(C)C)CCS2.COC(=O)c1ccc2c(c1)N(C(=O)OC(C)(C)C)CCS2(=O)=O.COC(=O)c1ccc2c(c1)NCCS2.COC(=O)c1ccc2c(c1)NCCS2(=O)=O.O=C(O)C(F)(F)F. The number of esters is 4. The molecule has 0 saturated carbocycles. The maximum absolute atomic E-state index is 12.3.